The number of aryl methyl sites for hydroxylation is 2. The van der Waals surface area contributed by atoms with Crippen molar-refractivity contribution in [2.45, 2.75) is 33.2 Å². The normalized spacial score (nSPS) is 10.8. The van der Waals surface area contributed by atoms with E-state index in [4.69, 9.17) is 10.3 Å². The first-order valence-electron chi connectivity index (χ1n) is 5.93. The molecule has 90 valence electrons. The zero-order chi connectivity index (χ0) is 12.3. The van der Waals surface area contributed by atoms with E-state index in [1.54, 1.807) is 0 Å². The van der Waals surface area contributed by atoms with Gasteiger partial charge in [-0.3, -0.25) is 0 Å². The van der Waals surface area contributed by atoms with E-state index in [0.29, 0.717) is 11.7 Å². The van der Waals surface area contributed by atoms with Crippen molar-refractivity contribution in [2.75, 3.05) is 0 Å². The molecule has 4 nitrogen and oxygen atoms in total. The molecule has 1 aromatic carbocycles. The molecule has 0 radical (unpaired) electrons. The fourth-order valence-corrected chi connectivity index (χ4v) is 1.89. The summed E-state index contributed by atoms with van der Waals surface area (Å²) < 4.78 is 5.01. The predicted molar refractivity (Wildman–Crippen MR) is 66.4 cm³/mol. The van der Waals surface area contributed by atoms with Crippen molar-refractivity contribution in [3.05, 3.63) is 35.2 Å². The Kier molecular flexibility index (Phi) is 3.54. The second-order valence-electron chi connectivity index (χ2n) is 3.91. The molecular weight excluding hydrogens is 214 g/mol. The van der Waals surface area contributed by atoms with Gasteiger partial charge in [0.05, 0.1) is 6.54 Å². The molecule has 0 atom stereocenters. The van der Waals surface area contributed by atoms with Gasteiger partial charge in [0, 0.05) is 5.56 Å². The smallest absolute Gasteiger partial charge is 0.240 e. The highest BCUT2D eigenvalue weighted by Crippen LogP contribution is 2.21. The van der Waals surface area contributed by atoms with Gasteiger partial charge in [0.1, 0.15) is 0 Å². The molecule has 2 N–H and O–H groups in total. The van der Waals surface area contributed by atoms with Gasteiger partial charge in [0.25, 0.3) is 0 Å². The van der Waals surface area contributed by atoms with Crippen LogP contribution in [0.1, 0.15) is 30.9 Å². The van der Waals surface area contributed by atoms with Gasteiger partial charge in [0.2, 0.25) is 11.7 Å². The minimum absolute atomic E-state index is 0.278. The van der Waals surface area contributed by atoms with Crippen molar-refractivity contribution >= 4 is 0 Å². The molecule has 0 unspecified atom stereocenters. The molecule has 0 saturated heterocycles. The van der Waals surface area contributed by atoms with E-state index in [-0.39, 0.29) is 6.54 Å². The molecule has 0 fully saturated rings. The Bertz CT molecular complexity index is 505. The second-order valence-corrected chi connectivity index (χ2v) is 3.91. The molecule has 0 aliphatic heterocycles. The van der Waals surface area contributed by atoms with E-state index in [2.05, 4.69) is 36.1 Å². The van der Waals surface area contributed by atoms with E-state index in [0.717, 1.165) is 18.4 Å². The highest BCUT2D eigenvalue weighted by atomic mass is 16.5. The second kappa shape index (κ2) is 5.10. The Labute approximate surface area is 101 Å². The van der Waals surface area contributed by atoms with Gasteiger partial charge >= 0.3 is 0 Å². The Morgan fingerprint density at radius 3 is 2.53 bits per heavy atom. The molecule has 2 rings (SSSR count). The standard InChI is InChI=1S/C13H17N3O/c1-3-9-5-6-11(7-10(9)4-2)13-15-12(8-14)17-16-13/h5-7H,3-4,8,14H2,1-2H3. The first-order chi connectivity index (χ1) is 8.28. The Hall–Kier alpha value is -1.68. The summed E-state index contributed by atoms with van der Waals surface area (Å²) in [6.07, 6.45) is 2.06. The number of hydrogen-bond acceptors (Lipinski definition) is 4. The third-order valence-corrected chi connectivity index (χ3v) is 2.87. The van der Waals surface area contributed by atoms with Crippen molar-refractivity contribution in [3.63, 3.8) is 0 Å². The first-order valence-corrected chi connectivity index (χ1v) is 5.93. The summed E-state index contributed by atoms with van der Waals surface area (Å²) in [5.41, 5.74) is 9.15. The van der Waals surface area contributed by atoms with Crippen molar-refractivity contribution in [1.82, 2.24) is 10.1 Å². The van der Waals surface area contributed by atoms with Gasteiger partial charge < -0.3 is 10.3 Å². The van der Waals surface area contributed by atoms with Crippen LogP contribution in [0.15, 0.2) is 22.7 Å². The quantitative estimate of drug-likeness (QED) is 0.877. The van der Waals surface area contributed by atoms with Crippen LogP contribution in [0.3, 0.4) is 0 Å². The Morgan fingerprint density at radius 2 is 1.94 bits per heavy atom. The molecule has 0 spiro atoms. The van der Waals surface area contributed by atoms with Crippen LogP contribution in [-0.2, 0) is 19.4 Å². The number of nitrogens with two attached hydrogens (primary N) is 1. The first kappa shape index (κ1) is 11.8. The average molecular weight is 231 g/mol. The number of hydrogen-bond donors (Lipinski definition) is 1. The van der Waals surface area contributed by atoms with E-state index in [9.17, 15) is 0 Å². The van der Waals surface area contributed by atoms with Crippen LogP contribution in [0, 0.1) is 0 Å². The maximum atomic E-state index is 5.45. The highest BCUT2D eigenvalue weighted by molar-refractivity contribution is 5.57. The summed E-state index contributed by atoms with van der Waals surface area (Å²) in [7, 11) is 0. The molecule has 1 aromatic heterocycles. The van der Waals surface area contributed by atoms with Crippen LogP contribution < -0.4 is 5.73 Å². The molecule has 0 aliphatic carbocycles. The number of rotatable bonds is 4. The van der Waals surface area contributed by atoms with Gasteiger partial charge in [0.15, 0.2) is 0 Å². The van der Waals surface area contributed by atoms with Gasteiger partial charge in [-0.2, -0.15) is 4.98 Å². The summed E-state index contributed by atoms with van der Waals surface area (Å²) in [4.78, 5) is 4.23. The lowest BCUT2D eigenvalue weighted by molar-refractivity contribution is 0.380. The molecule has 17 heavy (non-hydrogen) atoms. The molecule has 0 aliphatic rings. The average Bonchev–Trinajstić information content (AvgIpc) is 2.86. The maximum absolute atomic E-state index is 5.45. The largest absolute Gasteiger partial charge is 0.338 e. The monoisotopic (exact) mass is 231 g/mol. The lowest BCUT2D eigenvalue weighted by Crippen LogP contribution is -1.96. The summed E-state index contributed by atoms with van der Waals surface area (Å²) >= 11 is 0. The fraction of sp³-hybridized carbons (Fsp3) is 0.385. The molecular formula is C13H17N3O. The van der Waals surface area contributed by atoms with Gasteiger partial charge in [-0.15, -0.1) is 0 Å². The molecule has 0 amide bonds. The predicted octanol–water partition coefficient (Wildman–Crippen LogP) is 2.32. The van der Waals surface area contributed by atoms with Crippen molar-refractivity contribution in [3.8, 4) is 11.4 Å². The minimum Gasteiger partial charge on any atom is -0.338 e. The lowest BCUT2D eigenvalue weighted by Gasteiger charge is -2.06. The zero-order valence-corrected chi connectivity index (χ0v) is 10.2. The van der Waals surface area contributed by atoms with Crippen molar-refractivity contribution in [2.24, 2.45) is 5.73 Å². The van der Waals surface area contributed by atoms with Gasteiger partial charge in [-0.1, -0.05) is 31.1 Å². The zero-order valence-electron chi connectivity index (χ0n) is 10.2. The van der Waals surface area contributed by atoms with E-state index < -0.39 is 0 Å². The maximum Gasteiger partial charge on any atom is 0.240 e. The van der Waals surface area contributed by atoms with Crippen LogP contribution in [0.5, 0.6) is 0 Å². The minimum atomic E-state index is 0.278. The van der Waals surface area contributed by atoms with E-state index in [1.165, 1.54) is 11.1 Å². The SMILES string of the molecule is CCc1ccc(-c2noc(CN)n2)cc1CC. The van der Waals surface area contributed by atoms with E-state index >= 15 is 0 Å². The topological polar surface area (TPSA) is 64.9 Å². The van der Waals surface area contributed by atoms with Crippen LogP contribution >= 0.6 is 0 Å². The summed E-state index contributed by atoms with van der Waals surface area (Å²) in [6, 6.07) is 6.29. The molecule has 0 bridgehead atoms. The molecule has 0 saturated carbocycles. The van der Waals surface area contributed by atoms with Crippen molar-refractivity contribution in [1.29, 1.82) is 0 Å². The lowest BCUT2D eigenvalue weighted by atomic mass is 10.00. The molecule has 1 heterocycles. The molecule has 2 aromatic rings. The fourth-order valence-electron chi connectivity index (χ4n) is 1.89. The van der Waals surface area contributed by atoms with Crippen LogP contribution in [0.4, 0.5) is 0 Å². The highest BCUT2D eigenvalue weighted by Gasteiger charge is 2.09. The van der Waals surface area contributed by atoms with Crippen LogP contribution in [0.2, 0.25) is 0 Å². The van der Waals surface area contributed by atoms with Gasteiger partial charge in [-0.05, 0) is 30.0 Å². The van der Waals surface area contributed by atoms with Crippen LogP contribution in [0.25, 0.3) is 11.4 Å². The molecule has 4 heteroatoms. The van der Waals surface area contributed by atoms with Crippen LogP contribution in [-0.4, -0.2) is 10.1 Å². The summed E-state index contributed by atoms with van der Waals surface area (Å²) in [5, 5.41) is 3.92. The van der Waals surface area contributed by atoms with Gasteiger partial charge in [-0.25, -0.2) is 0 Å². The van der Waals surface area contributed by atoms with E-state index in [1.807, 2.05) is 6.07 Å². The number of nitrogens with zero attached hydrogens (tertiary/aromatic N) is 2. The number of aromatic nitrogens is 2. The van der Waals surface area contributed by atoms with Crippen molar-refractivity contribution < 1.29 is 4.52 Å². The Balaban J connectivity index is 2.38. The Morgan fingerprint density at radius 1 is 1.18 bits per heavy atom. The third kappa shape index (κ3) is 2.36. The summed E-state index contributed by atoms with van der Waals surface area (Å²) in [6.45, 7) is 4.59. The third-order valence-electron chi connectivity index (χ3n) is 2.87. The summed E-state index contributed by atoms with van der Waals surface area (Å²) in [5.74, 6) is 1.08. The number of benzene rings is 1.